The highest BCUT2D eigenvalue weighted by molar-refractivity contribution is 5.99. The summed E-state index contributed by atoms with van der Waals surface area (Å²) < 4.78 is 0. The third-order valence-electron chi connectivity index (χ3n) is 4.25. The van der Waals surface area contributed by atoms with Crippen molar-refractivity contribution in [3.63, 3.8) is 0 Å². The maximum atomic E-state index is 11.6. The molecule has 2 aromatic carbocycles. The SMILES string of the molecule is CC(=O)c1cc(C(C)c2cc(C(C)=O)c(O)c(O)c2O)c(O)c(O)c1O. The quantitative estimate of drug-likeness (QED) is 0.358. The number of Topliss-reactive ketones (excluding diaryl/α,β-unsaturated/α-hetero) is 2. The zero-order valence-electron chi connectivity index (χ0n) is 14.2. The lowest BCUT2D eigenvalue weighted by Gasteiger charge is -2.19. The molecule has 2 rings (SSSR count). The predicted molar refractivity (Wildman–Crippen MR) is 90.4 cm³/mol. The molecule has 0 aliphatic carbocycles. The fourth-order valence-corrected chi connectivity index (χ4v) is 2.70. The normalized spacial score (nSPS) is 10.9. The number of hydrogen-bond acceptors (Lipinski definition) is 8. The molecule has 0 aromatic heterocycles. The molecule has 0 unspecified atom stereocenters. The van der Waals surface area contributed by atoms with E-state index in [0.717, 1.165) is 26.0 Å². The van der Waals surface area contributed by atoms with Crippen LogP contribution in [0.25, 0.3) is 0 Å². The molecule has 0 spiro atoms. The second kappa shape index (κ2) is 6.47. The van der Waals surface area contributed by atoms with E-state index < -0.39 is 52.0 Å². The van der Waals surface area contributed by atoms with Gasteiger partial charge in [0, 0.05) is 17.0 Å². The van der Waals surface area contributed by atoms with E-state index in [1.807, 2.05) is 0 Å². The van der Waals surface area contributed by atoms with Crippen LogP contribution in [0.15, 0.2) is 12.1 Å². The van der Waals surface area contributed by atoms with Gasteiger partial charge in [0.2, 0.25) is 11.5 Å². The Bertz CT molecular complexity index is 854. The van der Waals surface area contributed by atoms with Gasteiger partial charge in [-0.3, -0.25) is 9.59 Å². The fraction of sp³-hybridized carbons (Fsp3) is 0.222. The van der Waals surface area contributed by atoms with E-state index >= 15 is 0 Å². The molecule has 8 heteroatoms. The van der Waals surface area contributed by atoms with E-state index in [1.165, 1.54) is 6.92 Å². The van der Waals surface area contributed by atoms with Crippen LogP contribution < -0.4 is 0 Å². The van der Waals surface area contributed by atoms with Crippen LogP contribution >= 0.6 is 0 Å². The maximum absolute atomic E-state index is 11.6. The largest absolute Gasteiger partial charge is 0.504 e. The molecule has 0 saturated carbocycles. The van der Waals surface area contributed by atoms with E-state index in [9.17, 15) is 40.2 Å². The number of ketones is 2. The van der Waals surface area contributed by atoms with Gasteiger partial charge in [-0.15, -0.1) is 0 Å². The first-order chi connectivity index (χ1) is 12.0. The van der Waals surface area contributed by atoms with Crippen LogP contribution in [-0.4, -0.2) is 42.2 Å². The first-order valence-electron chi connectivity index (χ1n) is 7.56. The summed E-state index contributed by atoms with van der Waals surface area (Å²) in [7, 11) is 0. The van der Waals surface area contributed by atoms with E-state index in [0.29, 0.717) is 0 Å². The number of carbonyl (C=O) groups is 2. The number of hydrogen-bond donors (Lipinski definition) is 6. The monoisotopic (exact) mass is 362 g/mol. The standard InChI is InChI=1S/C18H18O8/c1-6(9-4-11(7(2)19)15(23)17(25)13(9)21)10-5-12(8(3)20)16(24)18(26)14(10)22/h4-6,21-26H,1-3H3. The van der Waals surface area contributed by atoms with Crippen molar-refractivity contribution < 1.29 is 40.2 Å². The smallest absolute Gasteiger partial charge is 0.201 e. The Morgan fingerprint density at radius 3 is 1.23 bits per heavy atom. The van der Waals surface area contributed by atoms with Gasteiger partial charge in [-0.25, -0.2) is 0 Å². The van der Waals surface area contributed by atoms with Gasteiger partial charge in [0.15, 0.2) is 34.6 Å². The Labute approximate surface area is 148 Å². The summed E-state index contributed by atoms with van der Waals surface area (Å²) >= 11 is 0. The molecule has 0 aliphatic rings. The Balaban J connectivity index is 2.77. The van der Waals surface area contributed by atoms with Gasteiger partial charge < -0.3 is 30.6 Å². The molecule has 6 N–H and O–H groups in total. The Hall–Kier alpha value is -3.42. The second-order valence-electron chi connectivity index (χ2n) is 5.95. The molecule has 0 atom stereocenters. The van der Waals surface area contributed by atoms with Gasteiger partial charge in [0.05, 0.1) is 11.1 Å². The number of carbonyl (C=O) groups excluding carboxylic acids is 2. The van der Waals surface area contributed by atoms with Gasteiger partial charge in [-0.2, -0.15) is 0 Å². The van der Waals surface area contributed by atoms with E-state index in [4.69, 9.17) is 0 Å². The summed E-state index contributed by atoms with van der Waals surface area (Å²) in [5, 5.41) is 59.5. The lowest BCUT2D eigenvalue weighted by Crippen LogP contribution is -2.04. The van der Waals surface area contributed by atoms with Crippen LogP contribution in [0.3, 0.4) is 0 Å². The third-order valence-corrected chi connectivity index (χ3v) is 4.25. The van der Waals surface area contributed by atoms with Crippen molar-refractivity contribution in [2.75, 3.05) is 0 Å². The molecule has 138 valence electrons. The topological polar surface area (TPSA) is 156 Å². The summed E-state index contributed by atoms with van der Waals surface area (Å²) in [5.74, 6) is -6.91. The molecular formula is C18H18O8. The van der Waals surface area contributed by atoms with Crippen LogP contribution in [0.2, 0.25) is 0 Å². The lowest BCUT2D eigenvalue weighted by atomic mass is 9.87. The second-order valence-corrected chi connectivity index (χ2v) is 5.95. The summed E-state index contributed by atoms with van der Waals surface area (Å²) in [5.41, 5.74) is -0.589. The third kappa shape index (κ3) is 2.85. The van der Waals surface area contributed by atoms with E-state index in [2.05, 4.69) is 0 Å². The molecule has 8 nitrogen and oxygen atoms in total. The van der Waals surface area contributed by atoms with Crippen LogP contribution in [0.5, 0.6) is 34.5 Å². The molecule has 2 aromatic rings. The molecule has 0 amide bonds. The molecule has 0 bridgehead atoms. The Morgan fingerprint density at radius 1 is 0.654 bits per heavy atom. The van der Waals surface area contributed by atoms with Crippen molar-refractivity contribution in [1.29, 1.82) is 0 Å². The molecule has 0 heterocycles. The lowest BCUT2D eigenvalue weighted by molar-refractivity contribution is 0.100. The minimum absolute atomic E-state index is 0.0413. The number of aromatic hydroxyl groups is 6. The number of benzene rings is 2. The van der Waals surface area contributed by atoms with Crippen LogP contribution in [0.1, 0.15) is 58.5 Å². The van der Waals surface area contributed by atoms with Crippen LogP contribution in [0, 0.1) is 0 Å². The average molecular weight is 362 g/mol. The number of phenolic OH excluding ortho intramolecular Hbond substituents is 6. The van der Waals surface area contributed by atoms with Crippen molar-refractivity contribution >= 4 is 11.6 Å². The summed E-state index contributed by atoms with van der Waals surface area (Å²) in [6, 6.07) is 2.27. The Kier molecular flexibility index (Phi) is 4.71. The Morgan fingerprint density at radius 2 is 0.962 bits per heavy atom. The highest BCUT2D eigenvalue weighted by atomic mass is 16.3. The van der Waals surface area contributed by atoms with Gasteiger partial charge in [0.1, 0.15) is 0 Å². The minimum Gasteiger partial charge on any atom is -0.504 e. The molecule has 0 saturated heterocycles. The van der Waals surface area contributed by atoms with Crippen molar-refractivity contribution in [3.8, 4) is 34.5 Å². The molecule has 26 heavy (non-hydrogen) atoms. The van der Waals surface area contributed by atoms with Crippen LogP contribution in [-0.2, 0) is 0 Å². The zero-order valence-corrected chi connectivity index (χ0v) is 14.2. The molecule has 0 fully saturated rings. The summed E-state index contributed by atoms with van der Waals surface area (Å²) in [4.78, 5) is 23.3. The van der Waals surface area contributed by atoms with Crippen molar-refractivity contribution in [3.05, 3.63) is 34.4 Å². The average Bonchev–Trinajstić information content (AvgIpc) is 2.57. The van der Waals surface area contributed by atoms with Gasteiger partial charge in [-0.05, 0) is 26.0 Å². The van der Waals surface area contributed by atoms with E-state index in [-0.39, 0.29) is 22.3 Å². The predicted octanol–water partition coefficient (Wildman–Crippen LogP) is 2.48. The fourth-order valence-electron chi connectivity index (χ4n) is 2.70. The van der Waals surface area contributed by atoms with Crippen molar-refractivity contribution in [1.82, 2.24) is 0 Å². The molecule has 0 radical (unpaired) electrons. The first kappa shape index (κ1) is 18.9. The number of phenols is 6. The highest BCUT2D eigenvalue weighted by Crippen LogP contribution is 2.49. The zero-order chi connectivity index (χ0) is 19.9. The van der Waals surface area contributed by atoms with Gasteiger partial charge in [0.25, 0.3) is 0 Å². The van der Waals surface area contributed by atoms with E-state index in [1.54, 1.807) is 0 Å². The van der Waals surface area contributed by atoms with Crippen LogP contribution in [0.4, 0.5) is 0 Å². The number of rotatable bonds is 4. The maximum Gasteiger partial charge on any atom is 0.201 e. The van der Waals surface area contributed by atoms with Crippen molar-refractivity contribution in [2.24, 2.45) is 0 Å². The first-order valence-corrected chi connectivity index (χ1v) is 7.56. The highest BCUT2D eigenvalue weighted by Gasteiger charge is 2.27. The van der Waals surface area contributed by atoms with Gasteiger partial charge >= 0.3 is 0 Å². The molecular weight excluding hydrogens is 344 g/mol. The molecule has 0 aliphatic heterocycles. The van der Waals surface area contributed by atoms with Gasteiger partial charge in [-0.1, -0.05) is 6.92 Å². The minimum atomic E-state index is -0.927. The summed E-state index contributed by atoms with van der Waals surface area (Å²) in [6.45, 7) is 3.76. The van der Waals surface area contributed by atoms with Crippen molar-refractivity contribution in [2.45, 2.75) is 26.7 Å². The summed E-state index contributed by atoms with van der Waals surface area (Å²) in [6.07, 6.45) is 0.